The van der Waals surface area contributed by atoms with Crippen molar-refractivity contribution in [2.75, 3.05) is 13.7 Å². The Bertz CT molecular complexity index is 872. The van der Waals surface area contributed by atoms with Crippen LogP contribution in [-0.4, -0.2) is 39.1 Å². The summed E-state index contributed by atoms with van der Waals surface area (Å²) in [7, 11) is 1.77. The largest absolute Gasteiger partial charge is 0.453 e. The van der Waals surface area contributed by atoms with E-state index in [9.17, 15) is 4.79 Å². The van der Waals surface area contributed by atoms with E-state index in [1.165, 1.54) is 11.1 Å². The number of aryl methyl sites for hydroxylation is 2. The van der Waals surface area contributed by atoms with E-state index >= 15 is 0 Å². The van der Waals surface area contributed by atoms with Crippen LogP contribution < -0.4 is 4.74 Å². The van der Waals surface area contributed by atoms with Crippen LogP contribution in [0.5, 0.6) is 6.01 Å². The lowest BCUT2D eigenvalue weighted by atomic mass is 10.1. The third-order valence-electron chi connectivity index (χ3n) is 3.94. The molecular weight excluding hydrogens is 304 g/mol. The molecule has 124 valence electrons. The molecule has 0 N–H and O–H groups in total. The van der Waals surface area contributed by atoms with E-state index < -0.39 is 0 Å². The number of likely N-dealkylation sites (N-methyl/N-ethyl adjacent to an activating group) is 1. The van der Waals surface area contributed by atoms with Crippen molar-refractivity contribution in [2.45, 2.75) is 20.4 Å². The molecule has 6 nitrogen and oxygen atoms in total. The fraction of sp³-hybridized carbons (Fsp3) is 0.278. The molecule has 2 aromatic heterocycles. The van der Waals surface area contributed by atoms with Crippen molar-refractivity contribution in [3.05, 3.63) is 59.3 Å². The second kappa shape index (κ2) is 6.70. The molecule has 1 aromatic carbocycles. The van der Waals surface area contributed by atoms with Gasteiger partial charge in [0.1, 0.15) is 0 Å². The lowest BCUT2D eigenvalue weighted by Gasteiger charge is -2.18. The summed E-state index contributed by atoms with van der Waals surface area (Å²) in [6, 6.07) is 12.1. The number of hydrogen-bond acceptors (Lipinski definition) is 4. The summed E-state index contributed by atoms with van der Waals surface area (Å²) in [4.78, 5) is 14.0. The first-order valence-corrected chi connectivity index (χ1v) is 7.77. The van der Waals surface area contributed by atoms with Gasteiger partial charge < -0.3 is 9.64 Å². The molecule has 0 spiro atoms. The number of benzene rings is 1. The smallest absolute Gasteiger partial charge is 0.322 e. The van der Waals surface area contributed by atoms with Crippen LogP contribution in [0.25, 0.3) is 5.65 Å². The highest BCUT2D eigenvalue weighted by atomic mass is 16.5. The van der Waals surface area contributed by atoms with Crippen molar-refractivity contribution in [1.29, 1.82) is 0 Å². The molecule has 0 aliphatic carbocycles. The predicted molar refractivity (Wildman–Crippen MR) is 90.9 cm³/mol. The van der Waals surface area contributed by atoms with Crippen LogP contribution in [0.4, 0.5) is 0 Å². The second-order valence-corrected chi connectivity index (χ2v) is 5.88. The number of pyridine rings is 1. The van der Waals surface area contributed by atoms with Crippen LogP contribution in [0.1, 0.15) is 16.7 Å². The molecule has 0 fully saturated rings. The Hall–Kier alpha value is -2.89. The molecule has 1 amide bonds. The van der Waals surface area contributed by atoms with Gasteiger partial charge in [-0.05, 0) is 37.1 Å². The third kappa shape index (κ3) is 3.37. The molecule has 0 atom stereocenters. The standard InChI is InChI=1S/C18H20N4O2/c1-13-7-8-15(14(2)10-13)11-21(3)17(23)12-24-18-20-19-16-6-4-5-9-22(16)18/h4-10H,11-12H2,1-3H3. The van der Waals surface area contributed by atoms with Crippen LogP contribution in [0, 0.1) is 13.8 Å². The molecule has 2 heterocycles. The van der Waals surface area contributed by atoms with Crippen molar-refractivity contribution in [3.8, 4) is 6.01 Å². The minimum absolute atomic E-state index is 0.0723. The maximum atomic E-state index is 12.3. The SMILES string of the molecule is Cc1ccc(CN(C)C(=O)COc2nnc3ccccn23)c(C)c1. The summed E-state index contributed by atoms with van der Waals surface area (Å²) in [6.07, 6.45) is 1.80. The molecular formula is C18H20N4O2. The number of carbonyl (C=O) groups excluding carboxylic acids is 1. The number of ether oxygens (including phenoxy) is 1. The molecule has 3 aromatic rings. The van der Waals surface area contributed by atoms with Gasteiger partial charge in [0.05, 0.1) is 0 Å². The van der Waals surface area contributed by atoms with E-state index in [4.69, 9.17) is 4.74 Å². The van der Waals surface area contributed by atoms with E-state index in [-0.39, 0.29) is 12.5 Å². The Kier molecular flexibility index (Phi) is 4.46. The van der Waals surface area contributed by atoms with E-state index in [0.29, 0.717) is 18.2 Å². The fourth-order valence-electron chi connectivity index (χ4n) is 2.52. The number of aromatic nitrogens is 3. The lowest BCUT2D eigenvalue weighted by molar-refractivity contribution is -0.132. The molecule has 6 heteroatoms. The van der Waals surface area contributed by atoms with Crippen molar-refractivity contribution in [1.82, 2.24) is 19.5 Å². The Morgan fingerprint density at radius 2 is 2.04 bits per heavy atom. The summed E-state index contributed by atoms with van der Waals surface area (Å²) in [5.74, 6) is -0.109. The van der Waals surface area contributed by atoms with Crippen LogP contribution in [0.15, 0.2) is 42.6 Å². The van der Waals surface area contributed by atoms with Crippen molar-refractivity contribution in [2.24, 2.45) is 0 Å². The minimum atomic E-state index is -0.109. The summed E-state index contributed by atoms with van der Waals surface area (Å²) in [6.45, 7) is 4.59. The summed E-state index contributed by atoms with van der Waals surface area (Å²) < 4.78 is 7.23. The maximum absolute atomic E-state index is 12.3. The molecule has 24 heavy (non-hydrogen) atoms. The fourth-order valence-corrected chi connectivity index (χ4v) is 2.52. The van der Waals surface area contributed by atoms with Gasteiger partial charge in [0.25, 0.3) is 5.91 Å². The average molecular weight is 324 g/mol. The highest BCUT2D eigenvalue weighted by Gasteiger charge is 2.13. The number of amides is 1. The van der Waals surface area contributed by atoms with Crippen molar-refractivity contribution < 1.29 is 9.53 Å². The topological polar surface area (TPSA) is 59.7 Å². The normalized spacial score (nSPS) is 10.8. The third-order valence-corrected chi connectivity index (χ3v) is 3.94. The number of rotatable bonds is 5. The van der Waals surface area contributed by atoms with Crippen molar-refractivity contribution in [3.63, 3.8) is 0 Å². The minimum Gasteiger partial charge on any atom is -0.453 e. The van der Waals surface area contributed by atoms with Gasteiger partial charge in [-0.3, -0.25) is 9.20 Å². The number of nitrogens with zero attached hydrogens (tertiary/aromatic N) is 4. The first-order chi connectivity index (χ1) is 11.5. The van der Waals surface area contributed by atoms with Gasteiger partial charge in [0, 0.05) is 19.8 Å². The zero-order valence-electron chi connectivity index (χ0n) is 14.1. The highest BCUT2D eigenvalue weighted by Crippen LogP contribution is 2.13. The van der Waals surface area contributed by atoms with Gasteiger partial charge in [-0.25, -0.2) is 0 Å². The van der Waals surface area contributed by atoms with Gasteiger partial charge in [0.2, 0.25) is 0 Å². The van der Waals surface area contributed by atoms with E-state index in [2.05, 4.69) is 42.2 Å². The Labute approximate surface area is 140 Å². The van der Waals surface area contributed by atoms with Gasteiger partial charge in [-0.1, -0.05) is 34.9 Å². The Morgan fingerprint density at radius 3 is 2.83 bits per heavy atom. The molecule has 0 saturated heterocycles. The Balaban J connectivity index is 1.62. The zero-order chi connectivity index (χ0) is 17.1. The lowest BCUT2D eigenvalue weighted by Crippen LogP contribution is -2.31. The van der Waals surface area contributed by atoms with Gasteiger partial charge in [0.15, 0.2) is 12.3 Å². The zero-order valence-corrected chi connectivity index (χ0v) is 14.1. The molecule has 0 unspecified atom stereocenters. The summed E-state index contributed by atoms with van der Waals surface area (Å²) in [5.41, 5.74) is 4.21. The van der Waals surface area contributed by atoms with Gasteiger partial charge >= 0.3 is 6.01 Å². The molecule has 0 saturated carbocycles. The van der Waals surface area contributed by atoms with Crippen LogP contribution in [0.3, 0.4) is 0 Å². The average Bonchev–Trinajstić information content (AvgIpc) is 2.98. The predicted octanol–water partition coefficient (Wildman–Crippen LogP) is 2.38. The Morgan fingerprint density at radius 1 is 1.21 bits per heavy atom. The van der Waals surface area contributed by atoms with Gasteiger partial charge in [-0.2, -0.15) is 0 Å². The first kappa shape index (κ1) is 16.0. The number of carbonyl (C=O) groups is 1. The summed E-state index contributed by atoms with van der Waals surface area (Å²) >= 11 is 0. The molecule has 3 rings (SSSR count). The quantitative estimate of drug-likeness (QED) is 0.723. The maximum Gasteiger partial charge on any atom is 0.322 e. The molecule has 0 radical (unpaired) electrons. The van der Waals surface area contributed by atoms with E-state index in [1.54, 1.807) is 22.5 Å². The molecule has 0 aliphatic rings. The molecule has 0 aliphatic heterocycles. The van der Waals surface area contributed by atoms with E-state index in [1.807, 2.05) is 18.2 Å². The first-order valence-electron chi connectivity index (χ1n) is 7.77. The number of fused-ring (bicyclic) bond motifs is 1. The monoisotopic (exact) mass is 324 g/mol. The van der Waals surface area contributed by atoms with Crippen LogP contribution in [-0.2, 0) is 11.3 Å². The highest BCUT2D eigenvalue weighted by molar-refractivity contribution is 5.77. The van der Waals surface area contributed by atoms with Crippen LogP contribution in [0.2, 0.25) is 0 Å². The number of hydrogen-bond donors (Lipinski definition) is 0. The van der Waals surface area contributed by atoms with Crippen molar-refractivity contribution >= 4 is 11.6 Å². The summed E-state index contributed by atoms with van der Waals surface area (Å²) in [5, 5.41) is 7.95. The van der Waals surface area contributed by atoms with Gasteiger partial charge in [-0.15, -0.1) is 5.10 Å². The molecule has 0 bridgehead atoms. The van der Waals surface area contributed by atoms with E-state index in [0.717, 1.165) is 5.56 Å². The second-order valence-electron chi connectivity index (χ2n) is 5.88. The van der Waals surface area contributed by atoms with Crippen LogP contribution >= 0.6 is 0 Å².